The predicted molar refractivity (Wildman–Crippen MR) is 146 cm³/mol. The van der Waals surface area contributed by atoms with Gasteiger partial charge in [0.15, 0.2) is 0 Å². The van der Waals surface area contributed by atoms with Gasteiger partial charge in [0.1, 0.15) is 18.1 Å². The van der Waals surface area contributed by atoms with E-state index < -0.39 is 53.8 Å². The number of carbonyl (C=O) groups excluding carboxylic acids is 4. The average molecular weight is 545 g/mol. The molecule has 39 heavy (non-hydrogen) atoms. The molecule has 1 heterocycles. The lowest BCUT2D eigenvalue weighted by Crippen LogP contribution is -2.58. The molecular formula is C27H40N6O6. The minimum absolute atomic E-state index is 0.0216. The molecule has 0 aliphatic carbocycles. The number of carboxylic acid groups (broad SMARTS) is 1. The molecule has 214 valence electrons. The highest BCUT2D eigenvalue weighted by atomic mass is 16.4. The van der Waals surface area contributed by atoms with E-state index >= 15 is 0 Å². The van der Waals surface area contributed by atoms with Crippen LogP contribution in [0.1, 0.15) is 52.5 Å². The van der Waals surface area contributed by atoms with Crippen LogP contribution in [0.4, 0.5) is 0 Å². The number of hydrogen-bond acceptors (Lipinski definition) is 6. The van der Waals surface area contributed by atoms with Gasteiger partial charge >= 0.3 is 5.97 Å². The Morgan fingerprint density at radius 1 is 0.923 bits per heavy atom. The Bertz CT molecular complexity index is 1180. The van der Waals surface area contributed by atoms with Crippen molar-refractivity contribution >= 4 is 40.5 Å². The van der Waals surface area contributed by atoms with Crippen molar-refractivity contribution in [3.63, 3.8) is 0 Å². The van der Waals surface area contributed by atoms with Crippen molar-refractivity contribution in [2.75, 3.05) is 0 Å². The second-order valence-corrected chi connectivity index (χ2v) is 10.5. The van der Waals surface area contributed by atoms with E-state index in [0.717, 1.165) is 16.5 Å². The molecule has 2 aromatic rings. The van der Waals surface area contributed by atoms with Crippen LogP contribution in [0.5, 0.6) is 0 Å². The Labute approximate surface area is 227 Å². The van der Waals surface area contributed by atoms with Crippen molar-refractivity contribution < 1.29 is 29.1 Å². The lowest BCUT2D eigenvalue weighted by molar-refractivity contribution is -0.143. The number of aromatic amines is 1. The van der Waals surface area contributed by atoms with Crippen molar-refractivity contribution in [2.24, 2.45) is 23.3 Å². The minimum atomic E-state index is -1.19. The summed E-state index contributed by atoms with van der Waals surface area (Å²) in [4.78, 5) is 65.3. The molecule has 0 spiro atoms. The van der Waals surface area contributed by atoms with Gasteiger partial charge in [0.05, 0.1) is 6.04 Å². The van der Waals surface area contributed by atoms with Crippen molar-refractivity contribution in [2.45, 2.75) is 77.5 Å². The number of amides is 4. The predicted octanol–water partition coefficient (Wildman–Crippen LogP) is 0.544. The van der Waals surface area contributed by atoms with Gasteiger partial charge < -0.3 is 37.5 Å². The number of carbonyl (C=O) groups is 5. The summed E-state index contributed by atoms with van der Waals surface area (Å²) < 4.78 is 0. The number of rotatable bonds is 15. The Morgan fingerprint density at radius 2 is 1.54 bits per heavy atom. The highest BCUT2D eigenvalue weighted by Crippen LogP contribution is 2.19. The number of aromatic nitrogens is 1. The number of nitrogens with one attached hydrogen (secondary N) is 4. The third-order valence-corrected chi connectivity index (χ3v) is 6.33. The number of primary amides is 1. The molecule has 0 saturated carbocycles. The van der Waals surface area contributed by atoms with Crippen LogP contribution in [0, 0.1) is 11.8 Å². The fourth-order valence-electron chi connectivity index (χ4n) is 4.21. The average Bonchev–Trinajstić information content (AvgIpc) is 3.26. The van der Waals surface area contributed by atoms with Crippen LogP contribution in [0.25, 0.3) is 10.9 Å². The molecule has 0 radical (unpaired) electrons. The second-order valence-electron chi connectivity index (χ2n) is 10.5. The van der Waals surface area contributed by atoms with Gasteiger partial charge in [0.2, 0.25) is 23.6 Å². The van der Waals surface area contributed by atoms with E-state index in [1.807, 2.05) is 38.1 Å². The van der Waals surface area contributed by atoms with Crippen molar-refractivity contribution in [1.29, 1.82) is 0 Å². The summed E-state index contributed by atoms with van der Waals surface area (Å²) in [6.07, 6.45) is 1.90. The van der Waals surface area contributed by atoms with Crippen molar-refractivity contribution in [1.82, 2.24) is 20.9 Å². The molecule has 0 aliphatic heterocycles. The Morgan fingerprint density at radius 3 is 2.13 bits per heavy atom. The zero-order chi connectivity index (χ0) is 29.3. The van der Waals surface area contributed by atoms with E-state index in [-0.39, 0.29) is 37.5 Å². The molecule has 0 bridgehead atoms. The lowest BCUT2D eigenvalue weighted by atomic mass is 9.99. The standard InChI is InChI=1S/C27H40N6O6/c1-14(2)11-21(26(37)33-23(15(3)4)27(38)39)32-25(36)20(9-10-22(29)34)31-24(35)18(28)12-16-13-30-19-8-6-5-7-17(16)19/h5-8,13-15,18,20-21,23,30H,9-12,28H2,1-4H3,(H2,29,34)(H,31,35)(H,32,36)(H,33,37)(H,38,39). The molecule has 2 rings (SSSR count). The summed E-state index contributed by atoms with van der Waals surface area (Å²) >= 11 is 0. The zero-order valence-corrected chi connectivity index (χ0v) is 22.8. The number of benzene rings is 1. The number of aliphatic carboxylic acids is 1. The van der Waals surface area contributed by atoms with Gasteiger partial charge in [-0.1, -0.05) is 45.9 Å². The molecule has 0 saturated heterocycles. The molecule has 4 amide bonds. The molecule has 1 aromatic carbocycles. The van der Waals surface area contributed by atoms with Crippen LogP contribution in [0.3, 0.4) is 0 Å². The number of hydrogen-bond donors (Lipinski definition) is 7. The molecule has 4 atom stereocenters. The topological polar surface area (TPSA) is 209 Å². The van der Waals surface area contributed by atoms with E-state index in [9.17, 15) is 29.1 Å². The maximum absolute atomic E-state index is 13.2. The van der Waals surface area contributed by atoms with Gasteiger partial charge in [-0.2, -0.15) is 0 Å². The van der Waals surface area contributed by atoms with Gasteiger partial charge in [-0.15, -0.1) is 0 Å². The van der Waals surface area contributed by atoms with Gasteiger partial charge in [0.25, 0.3) is 0 Å². The van der Waals surface area contributed by atoms with E-state index in [2.05, 4.69) is 20.9 Å². The minimum Gasteiger partial charge on any atom is -0.480 e. The number of fused-ring (bicyclic) bond motifs is 1. The van der Waals surface area contributed by atoms with Crippen LogP contribution in [-0.4, -0.2) is 63.9 Å². The van der Waals surface area contributed by atoms with Gasteiger partial charge in [-0.3, -0.25) is 19.2 Å². The van der Waals surface area contributed by atoms with Crippen molar-refractivity contribution in [3.8, 4) is 0 Å². The van der Waals surface area contributed by atoms with Crippen LogP contribution in [0.2, 0.25) is 0 Å². The molecule has 4 unspecified atom stereocenters. The molecule has 12 heteroatoms. The van der Waals surface area contributed by atoms with E-state index in [4.69, 9.17) is 11.5 Å². The first kappa shape index (κ1) is 31.3. The van der Waals surface area contributed by atoms with Gasteiger partial charge in [-0.05, 0) is 42.7 Å². The highest BCUT2D eigenvalue weighted by molar-refractivity contribution is 5.94. The first-order chi connectivity index (χ1) is 18.3. The molecule has 1 aromatic heterocycles. The maximum atomic E-state index is 13.2. The summed E-state index contributed by atoms with van der Waals surface area (Å²) in [6, 6.07) is 3.17. The van der Waals surface area contributed by atoms with Gasteiger partial charge in [0, 0.05) is 23.5 Å². The number of para-hydroxylation sites is 1. The fraction of sp³-hybridized carbons (Fsp3) is 0.519. The summed E-state index contributed by atoms with van der Waals surface area (Å²) in [5, 5.41) is 18.0. The monoisotopic (exact) mass is 544 g/mol. The Hall–Kier alpha value is -3.93. The maximum Gasteiger partial charge on any atom is 0.326 e. The quantitative estimate of drug-likeness (QED) is 0.169. The third kappa shape index (κ3) is 9.40. The van der Waals surface area contributed by atoms with Crippen LogP contribution in [-0.2, 0) is 30.4 Å². The molecule has 0 fully saturated rings. The van der Waals surface area contributed by atoms with Crippen LogP contribution in [0.15, 0.2) is 30.5 Å². The molecule has 12 nitrogen and oxygen atoms in total. The molecule has 9 N–H and O–H groups in total. The fourth-order valence-corrected chi connectivity index (χ4v) is 4.21. The lowest BCUT2D eigenvalue weighted by Gasteiger charge is -2.26. The zero-order valence-electron chi connectivity index (χ0n) is 22.8. The summed E-state index contributed by atoms with van der Waals surface area (Å²) in [5.41, 5.74) is 13.2. The summed E-state index contributed by atoms with van der Waals surface area (Å²) in [5.74, 6) is -4.24. The van der Waals surface area contributed by atoms with Crippen LogP contribution >= 0.6 is 0 Å². The smallest absolute Gasteiger partial charge is 0.326 e. The summed E-state index contributed by atoms with van der Waals surface area (Å²) in [6.45, 7) is 7.01. The third-order valence-electron chi connectivity index (χ3n) is 6.33. The van der Waals surface area contributed by atoms with E-state index in [0.29, 0.717) is 0 Å². The van der Waals surface area contributed by atoms with Crippen LogP contribution < -0.4 is 27.4 Å². The first-order valence-corrected chi connectivity index (χ1v) is 13.0. The SMILES string of the molecule is CC(C)CC(NC(=O)C(CCC(N)=O)NC(=O)C(N)Cc1c[nH]c2ccccc12)C(=O)NC(C(=O)O)C(C)C. The Balaban J connectivity index is 2.16. The Kier molecular flexibility index (Phi) is 11.5. The van der Waals surface area contributed by atoms with Gasteiger partial charge in [-0.25, -0.2) is 4.79 Å². The number of carboxylic acids is 1. The normalized spacial score (nSPS) is 14.4. The van der Waals surface area contributed by atoms with E-state index in [1.54, 1.807) is 20.0 Å². The second kappa shape index (κ2) is 14.3. The molecular weight excluding hydrogens is 504 g/mol. The van der Waals surface area contributed by atoms with Crippen molar-refractivity contribution in [3.05, 3.63) is 36.0 Å². The highest BCUT2D eigenvalue weighted by Gasteiger charge is 2.32. The number of H-pyrrole nitrogens is 1. The largest absolute Gasteiger partial charge is 0.480 e. The first-order valence-electron chi connectivity index (χ1n) is 13.0. The number of nitrogens with two attached hydrogens (primary N) is 2. The summed E-state index contributed by atoms with van der Waals surface area (Å²) in [7, 11) is 0. The molecule has 0 aliphatic rings. The van der Waals surface area contributed by atoms with E-state index in [1.165, 1.54) is 0 Å².